The fraction of sp³-hybridized carbons (Fsp3) is 0.219. The largest absolute Gasteiger partial charge is 0.376 e. The van der Waals surface area contributed by atoms with E-state index in [0.29, 0.717) is 11.6 Å². The van der Waals surface area contributed by atoms with Crippen LogP contribution in [-0.4, -0.2) is 12.8 Å². The minimum Gasteiger partial charge on any atom is -0.376 e. The molecule has 1 fully saturated rings. The lowest BCUT2D eigenvalue weighted by atomic mass is 9.94. The normalized spacial score (nSPS) is 19.5. The van der Waals surface area contributed by atoms with Gasteiger partial charge in [-0.05, 0) is 65.8 Å². The second kappa shape index (κ2) is 11.6. The molecule has 4 atom stereocenters. The SMILES string of the molecule is [CH]P(c1ccccc1)C1CCCC1[C@@H](OC)c1ccccc1P(c1ccccc1)c1ccccc1. The third-order valence-electron chi connectivity index (χ3n) is 7.10. The van der Waals surface area contributed by atoms with Crippen LogP contribution in [0.5, 0.6) is 0 Å². The summed E-state index contributed by atoms with van der Waals surface area (Å²) in [6.07, 6.45) is 3.59. The average Bonchev–Trinajstić information content (AvgIpc) is 3.41. The Labute approximate surface area is 213 Å². The van der Waals surface area contributed by atoms with Crippen molar-refractivity contribution in [3.63, 3.8) is 0 Å². The first-order chi connectivity index (χ1) is 17.3. The van der Waals surface area contributed by atoms with E-state index in [1.807, 2.05) is 7.11 Å². The third-order valence-corrected chi connectivity index (χ3v) is 11.9. The van der Waals surface area contributed by atoms with E-state index in [-0.39, 0.29) is 6.10 Å². The zero-order valence-electron chi connectivity index (χ0n) is 20.2. The van der Waals surface area contributed by atoms with Crippen LogP contribution in [0.1, 0.15) is 30.9 Å². The Morgan fingerprint density at radius 1 is 0.686 bits per heavy atom. The molecule has 176 valence electrons. The van der Waals surface area contributed by atoms with Gasteiger partial charge in [-0.2, -0.15) is 0 Å². The van der Waals surface area contributed by atoms with Gasteiger partial charge >= 0.3 is 0 Å². The van der Waals surface area contributed by atoms with Crippen LogP contribution < -0.4 is 21.2 Å². The van der Waals surface area contributed by atoms with E-state index < -0.39 is 15.8 Å². The second-order valence-electron chi connectivity index (χ2n) is 9.13. The van der Waals surface area contributed by atoms with Crippen molar-refractivity contribution in [2.24, 2.45) is 5.92 Å². The minimum absolute atomic E-state index is 0.0355. The first-order valence-electron chi connectivity index (χ1n) is 12.4. The molecular weight excluding hydrogens is 462 g/mol. The maximum atomic E-state index is 6.95. The van der Waals surface area contributed by atoms with Gasteiger partial charge in [0.2, 0.25) is 0 Å². The summed E-state index contributed by atoms with van der Waals surface area (Å²) < 4.78 is 6.36. The summed E-state index contributed by atoms with van der Waals surface area (Å²) in [6, 6.07) is 41.5. The summed E-state index contributed by atoms with van der Waals surface area (Å²) >= 11 is 0. The molecule has 0 amide bonds. The Morgan fingerprint density at radius 3 is 1.77 bits per heavy atom. The summed E-state index contributed by atoms with van der Waals surface area (Å²) in [5.74, 6) is 0.417. The van der Waals surface area contributed by atoms with Crippen molar-refractivity contribution in [1.82, 2.24) is 0 Å². The highest BCUT2D eigenvalue weighted by Gasteiger charge is 2.39. The number of ether oxygens (including phenoxy) is 1. The van der Waals surface area contributed by atoms with Crippen LogP contribution in [0, 0.1) is 12.6 Å². The summed E-state index contributed by atoms with van der Waals surface area (Å²) in [6.45, 7) is 6.95. The number of hydrogen-bond acceptors (Lipinski definition) is 1. The quantitative estimate of drug-likeness (QED) is 0.246. The molecule has 35 heavy (non-hydrogen) atoms. The highest BCUT2D eigenvalue weighted by atomic mass is 31.1. The molecule has 3 heteroatoms. The Bertz CT molecular complexity index is 1160. The van der Waals surface area contributed by atoms with Crippen molar-refractivity contribution in [2.75, 3.05) is 7.11 Å². The smallest absolute Gasteiger partial charge is 0.0861 e. The predicted octanol–water partition coefficient (Wildman–Crippen LogP) is 6.78. The highest BCUT2D eigenvalue weighted by molar-refractivity contribution is 7.79. The van der Waals surface area contributed by atoms with Crippen LogP contribution in [0.4, 0.5) is 0 Å². The van der Waals surface area contributed by atoms with Crippen LogP contribution in [0.15, 0.2) is 115 Å². The maximum Gasteiger partial charge on any atom is 0.0861 e. The monoisotopic (exact) mass is 494 g/mol. The van der Waals surface area contributed by atoms with Crippen LogP contribution >= 0.6 is 15.8 Å². The molecule has 0 N–H and O–H groups in total. The molecule has 1 aliphatic carbocycles. The Hall–Kier alpha value is -2.30. The van der Waals surface area contributed by atoms with Gasteiger partial charge in [-0.3, -0.25) is 0 Å². The van der Waals surface area contributed by atoms with Gasteiger partial charge in [0.05, 0.1) is 6.10 Å². The number of rotatable bonds is 8. The van der Waals surface area contributed by atoms with Gasteiger partial charge in [0.25, 0.3) is 0 Å². The highest BCUT2D eigenvalue weighted by Crippen LogP contribution is 2.54. The topological polar surface area (TPSA) is 9.23 Å². The van der Waals surface area contributed by atoms with Gasteiger partial charge in [-0.25, -0.2) is 0 Å². The van der Waals surface area contributed by atoms with Crippen molar-refractivity contribution in [1.29, 1.82) is 0 Å². The van der Waals surface area contributed by atoms with E-state index in [9.17, 15) is 0 Å². The van der Waals surface area contributed by atoms with Crippen molar-refractivity contribution in [2.45, 2.75) is 31.0 Å². The van der Waals surface area contributed by atoms with Crippen LogP contribution in [-0.2, 0) is 4.74 Å². The molecule has 0 aromatic heterocycles. The van der Waals surface area contributed by atoms with Gasteiger partial charge in [0.1, 0.15) is 0 Å². The average molecular weight is 495 g/mol. The number of methoxy groups -OCH3 is 1. The van der Waals surface area contributed by atoms with Crippen molar-refractivity contribution >= 4 is 37.1 Å². The summed E-state index contributed by atoms with van der Waals surface area (Å²) in [7, 11) is 0.450. The Balaban J connectivity index is 1.56. The van der Waals surface area contributed by atoms with Gasteiger partial charge in [0, 0.05) is 7.11 Å². The van der Waals surface area contributed by atoms with E-state index in [2.05, 4.69) is 115 Å². The molecule has 0 aliphatic heterocycles. The second-order valence-corrected chi connectivity index (χ2v) is 13.3. The van der Waals surface area contributed by atoms with E-state index in [1.54, 1.807) is 0 Å². The lowest BCUT2D eigenvalue weighted by molar-refractivity contribution is 0.0559. The summed E-state index contributed by atoms with van der Waals surface area (Å²) in [4.78, 5) is 0. The van der Waals surface area contributed by atoms with E-state index in [0.717, 1.165) is 6.42 Å². The first kappa shape index (κ1) is 24.4. The van der Waals surface area contributed by atoms with Crippen LogP contribution in [0.2, 0.25) is 0 Å². The molecule has 2 radical (unpaired) electrons. The molecule has 1 aliphatic rings. The molecular formula is C32H32OP2. The predicted molar refractivity (Wildman–Crippen MR) is 153 cm³/mol. The summed E-state index contributed by atoms with van der Waals surface area (Å²) in [5.41, 5.74) is 1.78. The van der Waals surface area contributed by atoms with Gasteiger partial charge in [-0.15, -0.1) is 0 Å². The minimum atomic E-state index is -0.732. The molecule has 4 aromatic carbocycles. The molecule has 0 heterocycles. The third kappa shape index (κ3) is 5.29. The molecule has 1 nitrogen and oxygen atoms in total. The standard InChI is InChI=1S/C32H32OP2/c1-33-32(28-22-14-24-30(28)34(2)25-15-6-3-7-16-25)29-21-12-13-23-31(29)35(26-17-8-4-9-18-26)27-19-10-5-11-20-27/h2-13,15-21,23,28,30,32H,14,22,24H2,1H3/t28?,30?,32-,34?/m1/s1. The molecule has 0 spiro atoms. The first-order valence-corrected chi connectivity index (χ1v) is 15.2. The number of benzene rings is 4. The van der Waals surface area contributed by atoms with Crippen LogP contribution in [0.3, 0.4) is 0 Å². The fourth-order valence-electron chi connectivity index (χ4n) is 5.50. The van der Waals surface area contributed by atoms with E-state index >= 15 is 0 Å². The van der Waals surface area contributed by atoms with Crippen molar-refractivity contribution in [3.8, 4) is 0 Å². The molecule has 1 saturated carbocycles. The molecule has 4 aromatic rings. The van der Waals surface area contributed by atoms with Crippen LogP contribution in [0.25, 0.3) is 0 Å². The Morgan fingerprint density at radius 2 is 1.20 bits per heavy atom. The molecule has 0 saturated heterocycles. The molecule has 0 bridgehead atoms. The van der Waals surface area contributed by atoms with Gasteiger partial charge in [0.15, 0.2) is 0 Å². The van der Waals surface area contributed by atoms with Gasteiger partial charge in [-0.1, -0.05) is 130 Å². The summed E-state index contributed by atoms with van der Waals surface area (Å²) in [5, 5.41) is 5.41. The van der Waals surface area contributed by atoms with E-state index in [4.69, 9.17) is 11.4 Å². The fourth-order valence-corrected chi connectivity index (χ4v) is 10.1. The maximum absolute atomic E-state index is 6.95. The van der Waals surface area contributed by atoms with E-state index in [1.165, 1.54) is 39.6 Å². The number of hydrogen-bond donors (Lipinski definition) is 0. The molecule has 5 rings (SSSR count). The zero-order valence-corrected chi connectivity index (χ0v) is 22.0. The lowest BCUT2D eigenvalue weighted by Crippen LogP contribution is -2.30. The Kier molecular flexibility index (Phi) is 8.10. The lowest BCUT2D eigenvalue weighted by Gasteiger charge is -2.34. The van der Waals surface area contributed by atoms with Crippen molar-refractivity contribution < 1.29 is 4.74 Å². The zero-order chi connectivity index (χ0) is 24.0. The van der Waals surface area contributed by atoms with Crippen molar-refractivity contribution in [3.05, 3.63) is 127 Å². The van der Waals surface area contributed by atoms with Gasteiger partial charge < -0.3 is 4.74 Å². The molecule has 3 unspecified atom stereocenters.